The number of benzene rings is 1. The van der Waals surface area contributed by atoms with Crippen LogP contribution in [-0.2, 0) is 10.0 Å². The first-order chi connectivity index (χ1) is 7.49. The normalized spacial score (nSPS) is 11.6. The van der Waals surface area contributed by atoms with Crippen molar-refractivity contribution >= 4 is 15.7 Å². The van der Waals surface area contributed by atoms with Crippen LogP contribution in [-0.4, -0.2) is 15.0 Å². The smallest absolute Gasteiger partial charge is 0.242 e. The van der Waals surface area contributed by atoms with Gasteiger partial charge in [0.1, 0.15) is 4.90 Å². The lowest BCUT2D eigenvalue weighted by molar-refractivity contribution is 0.578. The SMILES string of the molecule is CCCCNS(=O)(=O)c1c(C)cccc1N. The number of aryl methyl sites for hydroxylation is 1. The maximum atomic E-state index is 12.0. The highest BCUT2D eigenvalue weighted by molar-refractivity contribution is 7.89. The fraction of sp³-hybridized carbons (Fsp3) is 0.455. The van der Waals surface area contributed by atoms with Gasteiger partial charge in [-0.25, -0.2) is 13.1 Å². The lowest BCUT2D eigenvalue weighted by atomic mass is 10.2. The molecule has 3 N–H and O–H groups in total. The highest BCUT2D eigenvalue weighted by Crippen LogP contribution is 2.21. The molecule has 16 heavy (non-hydrogen) atoms. The standard InChI is InChI=1S/C11H18N2O2S/c1-3-4-8-13-16(14,15)11-9(2)6-5-7-10(11)12/h5-7,13H,3-4,8,12H2,1-2H3. The maximum Gasteiger partial charge on any atom is 0.242 e. The minimum Gasteiger partial charge on any atom is -0.398 e. The van der Waals surface area contributed by atoms with E-state index < -0.39 is 10.0 Å². The predicted octanol–water partition coefficient (Wildman–Crippen LogP) is 1.66. The number of nitrogens with one attached hydrogen (secondary N) is 1. The average Bonchev–Trinajstić information content (AvgIpc) is 2.17. The fourth-order valence-corrected chi connectivity index (χ4v) is 2.93. The summed E-state index contributed by atoms with van der Waals surface area (Å²) in [7, 11) is -3.47. The van der Waals surface area contributed by atoms with E-state index in [0.717, 1.165) is 12.8 Å². The summed E-state index contributed by atoms with van der Waals surface area (Å²) in [6, 6.07) is 5.09. The number of hydrogen-bond acceptors (Lipinski definition) is 3. The molecule has 0 aliphatic rings. The highest BCUT2D eigenvalue weighted by Gasteiger charge is 2.18. The van der Waals surface area contributed by atoms with Gasteiger partial charge >= 0.3 is 0 Å². The van der Waals surface area contributed by atoms with Gasteiger partial charge in [0.05, 0.1) is 5.69 Å². The van der Waals surface area contributed by atoms with E-state index in [-0.39, 0.29) is 4.90 Å². The molecule has 0 amide bonds. The molecule has 1 aromatic carbocycles. The molecule has 0 radical (unpaired) electrons. The quantitative estimate of drug-likeness (QED) is 0.609. The van der Waals surface area contributed by atoms with Gasteiger partial charge in [-0.15, -0.1) is 0 Å². The molecule has 0 heterocycles. The highest BCUT2D eigenvalue weighted by atomic mass is 32.2. The van der Waals surface area contributed by atoms with Crippen LogP contribution >= 0.6 is 0 Å². The number of unbranched alkanes of at least 4 members (excludes halogenated alkanes) is 1. The first-order valence-electron chi connectivity index (χ1n) is 5.33. The minimum absolute atomic E-state index is 0.200. The molecule has 0 aliphatic carbocycles. The largest absolute Gasteiger partial charge is 0.398 e. The molecule has 5 heteroatoms. The van der Waals surface area contributed by atoms with Gasteiger partial charge in [-0.3, -0.25) is 0 Å². The van der Waals surface area contributed by atoms with E-state index in [4.69, 9.17) is 5.73 Å². The molecule has 0 aliphatic heterocycles. The van der Waals surface area contributed by atoms with Crippen molar-refractivity contribution < 1.29 is 8.42 Å². The van der Waals surface area contributed by atoms with Crippen molar-refractivity contribution in [2.45, 2.75) is 31.6 Å². The van der Waals surface area contributed by atoms with Crippen LogP contribution in [0.25, 0.3) is 0 Å². The van der Waals surface area contributed by atoms with Crippen LogP contribution in [0, 0.1) is 6.92 Å². The molecule has 90 valence electrons. The molecule has 4 nitrogen and oxygen atoms in total. The molecule has 1 aromatic rings. The molecule has 0 fully saturated rings. The monoisotopic (exact) mass is 242 g/mol. The van der Waals surface area contributed by atoms with E-state index in [0.29, 0.717) is 17.8 Å². The number of sulfonamides is 1. The van der Waals surface area contributed by atoms with Crippen LogP contribution in [0.15, 0.2) is 23.1 Å². The van der Waals surface area contributed by atoms with Gasteiger partial charge in [-0.2, -0.15) is 0 Å². The number of anilines is 1. The van der Waals surface area contributed by atoms with E-state index in [1.165, 1.54) is 0 Å². The summed E-state index contributed by atoms with van der Waals surface area (Å²) >= 11 is 0. The van der Waals surface area contributed by atoms with Crippen LogP contribution in [0.2, 0.25) is 0 Å². The van der Waals surface area contributed by atoms with E-state index in [1.54, 1.807) is 25.1 Å². The Hall–Kier alpha value is -1.07. The zero-order valence-corrected chi connectivity index (χ0v) is 10.5. The molecule has 0 saturated heterocycles. The Balaban J connectivity index is 2.98. The van der Waals surface area contributed by atoms with Gasteiger partial charge in [0.2, 0.25) is 10.0 Å². The summed E-state index contributed by atoms with van der Waals surface area (Å²) in [6.45, 7) is 4.20. The first-order valence-corrected chi connectivity index (χ1v) is 6.82. The Morgan fingerprint density at radius 2 is 2.06 bits per heavy atom. The van der Waals surface area contributed by atoms with E-state index in [2.05, 4.69) is 4.72 Å². The van der Waals surface area contributed by atoms with E-state index >= 15 is 0 Å². The number of nitrogens with two attached hydrogens (primary N) is 1. The van der Waals surface area contributed by atoms with Crippen molar-refractivity contribution in [3.63, 3.8) is 0 Å². The molecular weight excluding hydrogens is 224 g/mol. The molecule has 0 spiro atoms. The summed E-state index contributed by atoms with van der Waals surface area (Å²) in [5.74, 6) is 0. The number of rotatable bonds is 5. The Morgan fingerprint density at radius 1 is 1.38 bits per heavy atom. The van der Waals surface area contributed by atoms with Crippen molar-refractivity contribution in [3.8, 4) is 0 Å². The third-order valence-electron chi connectivity index (χ3n) is 2.33. The Bertz CT molecular complexity index is 435. The van der Waals surface area contributed by atoms with Crippen LogP contribution < -0.4 is 10.5 Å². The molecule has 0 aromatic heterocycles. The van der Waals surface area contributed by atoms with Crippen molar-refractivity contribution in [1.29, 1.82) is 0 Å². The summed E-state index contributed by atoms with van der Waals surface area (Å²) < 4.78 is 26.5. The first kappa shape index (κ1) is 13.0. The molecule has 0 unspecified atom stereocenters. The van der Waals surface area contributed by atoms with Crippen LogP contribution in [0.1, 0.15) is 25.3 Å². The second kappa shape index (κ2) is 5.32. The zero-order valence-electron chi connectivity index (χ0n) is 9.66. The van der Waals surface area contributed by atoms with Crippen LogP contribution in [0.3, 0.4) is 0 Å². The van der Waals surface area contributed by atoms with Crippen LogP contribution in [0.4, 0.5) is 5.69 Å². The van der Waals surface area contributed by atoms with Gasteiger partial charge in [0, 0.05) is 6.54 Å². The summed E-state index contributed by atoms with van der Waals surface area (Å²) in [5.41, 5.74) is 6.66. The Labute approximate surface area is 96.9 Å². The van der Waals surface area contributed by atoms with Gasteiger partial charge in [0.25, 0.3) is 0 Å². The fourth-order valence-electron chi connectivity index (χ4n) is 1.50. The summed E-state index contributed by atoms with van der Waals surface area (Å²) in [4.78, 5) is 0.200. The van der Waals surface area contributed by atoms with Crippen molar-refractivity contribution in [2.24, 2.45) is 0 Å². The second-order valence-corrected chi connectivity index (χ2v) is 5.45. The number of hydrogen-bond donors (Lipinski definition) is 2. The topological polar surface area (TPSA) is 72.2 Å². The predicted molar refractivity (Wildman–Crippen MR) is 65.7 cm³/mol. The van der Waals surface area contributed by atoms with Crippen molar-refractivity contribution in [3.05, 3.63) is 23.8 Å². The van der Waals surface area contributed by atoms with Crippen molar-refractivity contribution in [1.82, 2.24) is 4.72 Å². The molecular formula is C11H18N2O2S. The lowest BCUT2D eigenvalue weighted by Crippen LogP contribution is -2.26. The van der Waals surface area contributed by atoms with Crippen molar-refractivity contribution in [2.75, 3.05) is 12.3 Å². The molecule has 1 rings (SSSR count). The average molecular weight is 242 g/mol. The summed E-state index contributed by atoms with van der Waals surface area (Å²) in [6.07, 6.45) is 1.77. The zero-order chi connectivity index (χ0) is 12.2. The third-order valence-corrected chi connectivity index (χ3v) is 4.01. The molecule has 0 bridgehead atoms. The lowest BCUT2D eigenvalue weighted by Gasteiger charge is -2.11. The van der Waals surface area contributed by atoms with Gasteiger partial charge in [-0.05, 0) is 25.0 Å². The summed E-state index contributed by atoms with van der Waals surface area (Å²) in [5, 5.41) is 0. The third kappa shape index (κ3) is 2.96. The van der Waals surface area contributed by atoms with E-state index in [1.807, 2.05) is 6.92 Å². The van der Waals surface area contributed by atoms with Gasteiger partial charge in [-0.1, -0.05) is 25.5 Å². The number of nitrogen functional groups attached to an aromatic ring is 1. The maximum absolute atomic E-state index is 12.0. The van der Waals surface area contributed by atoms with Gasteiger partial charge in [0.15, 0.2) is 0 Å². The molecule has 0 saturated carbocycles. The Morgan fingerprint density at radius 3 is 2.62 bits per heavy atom. The van der Waals surface area contributed by atoms with E-state index in [9.17, 15) is 8.42 Å². The Kier molecular flexibility index (Phi) is 4.32. The van der Waals surface area contributed by atoms with Crippen LogP contribution in [0.5, 0.6) is 0 Å². The second-order valence-electron chi connectivity index (χ2n) is 3.74. The minimum atomic E-state index is -3.47. The van der Waals surface area contributed by atoms with Gasteiger partial charge < -0.3 is 5.73 Å². The molecule has 0 atom stereocenters.